The highest BCUT2D eigenvalue weighted by molar-refractivity contribution is 7.99. The van der Waals surface area contributed by atoms with Gasteiger partial charge < -0.3 is 25.6 Å². The molecular formula is C36H54N4O8S2. The Bertz CT molecular complexity index is 1560. The molecule has 1 aromatic heterocycles. The van der Waals surface area contributed by atoms with E-state index in [4.69, 9.17) is 4.74 Å². The van der Waals surface area contributed by atoms with Gasteiger partial charge in [-0.05, 0) is 96.8 Å². The third-order valence-corrected chi connectivity index (χ3v) is 12.9. The second-order valence-corrected chi connectivity index (χ2v) is 19.6. The van der Waals surface area contributed by atoms with Gasteiger partial charge in [-0.1, -0.05) is 30.3 Å². The van der Waals surface area contributed by atoms with Crippen LogP contribution in [-0.2, 0) is 37.0 Å². The van der Waals surface area contributed by atoms with E-state index in [0.717, 1.165) is 41.6 Å². The lowest BCUT2D eigenvalue weighted by molar-refractivity contribution is -0.131. The van der Waals surface area contributed by atoms with Gasteiger partial charge in [-0.15, -0.1) is 0 Å². The third-order valence-electron chi connectivity index (χ3n) is 8.88. The zero-order chi connectivity index (χ0) is 36.9. The van der Waals surface area contributed by atoms with Crippen molar-refractivity contribution in [2.45, 2.75) is 115 Å². The number of benzene rings is 1. The number of aromatic nitrogens is 2. The van der Waals surface area contributed by atoms with Crippen molar-refractivity contribution < 1.29 is 37.8 Å². The van der Waals surface area contributed by atoms with Crippen LogP contribution in [0.1, 0.15) is 78.5 Å². The molecule has 2 aromatic rings. The number of ether oxygens (including phenoxy) is 1. The first-order valence-corrected chi connectivity index (χ1v) is 20.2. The molecule has 0 aliphatic heterocycles. The second kappa shape index (κ2) is 16.6. The van der Waals surface area contributed by atoms with E-state index in [1.807, 2.05) is 30.3 Å². The summed E-state index contributed by atoms with van der Waals surface area (Å²) >= 11 is 1.60. The summed E-state index contributed by atoms with van der Waals surface area (Å²) in [5.41, 5.74) is 0.313. The summed E-state index contributed by atoms with van der Waals surface area (Å²) < 4.78 is 32.2. The van der Waals surface area contributed by atoms with Crippen molar-refractivity contribution in [1.29, 1.82) is 0 Å². The van der Waals surface area contributed by atoms with Crippen molar-refractivity contribution in [3.8, 4) is 0 Å². The van der Waals surface area contributed by atoms with Gasteiger partial charge in [-0.2, -0.15) is 11.8 Å². The molecule has 12 nitrogen and oxygen atoms in total. The Labute approximate surface area is 300 Å². The smallest absolute Gasteiger partial charge is 0.419 e. The fourth-order valence-electron chi connectivity index (χ4n) is 5.34. The molecule has 0 unspecified atom stereocenters. The number of nitrogens with one attached hydrogen (secondary N) is 2. The SMILES string of the molecule is CC(C)(C)OC(=O)n1cnc(C[C@H](NC(=O)[C@H](Cc2ccccc2)CS(=O)(=O)C(C)(C)C)C(=O)N[C@@H](CSCC2CC2)[C@@H](O)[C@@H](O)C2CC2)c1. The monoisotopic (exact) mass is 734 g/mol. The molecule has 14 heteroatoms. The molecule has 2 aliphatic rings. The van der Waals surface area contributed by atoms with Crippen LogP contribution in [0.4, 0.5) is 4.79 Å². The number of aliphatic hydroxyl groups excluding tert-OH is 2. The number of carbonyl (C=O) groups is 3. The maximum atomic E-state index is 14.1. The largest absolute Gasteiger partial charge is 0.443 e. The van der Waals surface area contributed by atoms with Crippen molar-refractivity contribution in [2.75, 3.05) is 17.3 Å². The summed E-state index contributed by atoms with van der Waals surface area (Å²) in [7, 11) is -3.74. The van der Waals surface area contributed by atoms with E-state index in [1.54, 1.807) is 53.3 Å². The van der Waals surface area contributed by atoms with Gasteiger partial charge in [0.15, 0.2) is 9.84 Å². The molecule has 1 heterocycles. The molecule has 2 saturated carbocycles. The minimum absolute atomic E-state index is 0.0336. The highest BCUT2D eigenvalue weighted by Gasteiger charge is 2.40. The third kappa shape index (κ3) is 12.1. The van der Waals surface area contributed by atoms with E-state index in [0.29, 0.717) is 17.4 Å². The molecule has 1 aromatic carbocycles. The lowest BCUT2D eigenvalue weighted by Gasteiger charge is -2.30. The number of rotatable bonds is 17. The van der Waals surface area contributed by atoms with E-state index in [9.17, 15) is 33.0 Å². The van der Waals surface area contributed by atoms with Gasteiger partial charge in [0, 0.05) is 18.4 Å². The summed E-state index contributed by atoms with van der Waals surface area (Å²) in [6, 6.07) is 7.02. The number of carbonyl (C=O) groups excluding carboxylic acids is 3. The van der Waals surface area contributed by atoms with Gasteiger partial charge in [-0.3, -0.25) is 9.59 Å². The Morgan fingerprint density at radius 3 is 2.22 bits per heavy atom. The number of aliphatic hydroxyl groups is 2. The lowest BCUT2D eigenvalue weighted by atomic mass is 9.99. The van der Waals surface area contributed by atoms with Crippen molar-refractivity contribution in [3.05, 3.63) is 54.1 Å². The van der Waals surface area contributed by atoms with Crippen LogP contribution in [-0.4, -0.2) is 98.0 Å². The molecular weight excluding hydrogens is 681 g/mol. The van der Waals surface area contributed by atoms with Gasteiger partial charge in [0.25, 0.3) is 0 Å². The number of nitrogens with zero attached hydrogens (tertiary/aromatic N) is 2. The number of amides is 2. The Balaban J connectivity index is 1.60. The Morgan fingerprint density at radius 1 is 0.980 bits per heavy atom. The fourth-order valence-corrected chi connectivity index (χ4v) is 7.98. The maximum absolute atomic E-state index is 14.1. The minimum Gasteiger partial charge on any atom is -0.443 e. The molecule has 0 saturated heterocycles. The summed E-state index contributed by atoms with van der Waals surface area (Å²) in [5.74, 6) is -0.901. The molecule has 5 atom stereocenters. The van der Waals surface area contributed by atoms with Crippen molar-refractivity contribution in [1.82, 2.24) is 20.2 Å². The quantitative estimate of drug-likeness (QED) is 0.188. The van der Waals surface area contributed by atoms with Gasteiger partial charge in [0.1, 0.15) is 24.1 Å². The number of sulfone groups is 1. The first-order chi connectivity index (χ1) is 23.3. The number of hydrogen-bond donors (Lipinski definition) is 4. The molecule has 50 heavy (non-hydrogen) atoms. The van der Waals surface area contributed by atoms with E-state index >= 15 is 0 Å². The average molecular weight is 735 g/mol. The lowest BCUT2D eigenvalue weighted by Crippen LogP contribution is -2.57. The number of hydrogen-bond acceptors (Lipinski definition) is 10. The van der Waals surface area contributed by atoms with E-state index in [-0.39, 0.29) is 18.8 Å². The van der Waals surface area contributed by atoms with Crippen molar-refractivity contribution in [3.63, 3.8) is 0 Å². The normalized spacial score (nSPS) is 18.4. The summed E-state index contributed by atoms with van der Waals surface area (Å²) in [6.07, 6.45) is 3.68. The molecule has 2 aliphatic carbocycles. The van der Waals surface area contributed by atoms with Crippen molar-refractivity contribution in [2.24, 2.45) is 17.8 Å². The Kier molecular flexibility index (Phi) is 13.2. The molecule has 0 spiro atoms. The van der Waals surface area contributed by atoms with Crippen LogP contribution in [0.3, 0.4) is 0 Å². The van der Waals surface area contributed by atoms with E-state index < -0.39 is 74.1 Å². The molecule has 0 bridgehead atoms. The van der Waals surface area contributed by atoms with Gasteiger partial charge in [0.05, 0.1) is 34.3 Å². The summed E-state index contributed by atoms with van der Waals surface area (Å²) in [6.45, 7) is 9.95. The zero-order valence-corrected chi connectivity index (χ0v) is 31.6. The minimum atomic E-state index is -3.74. The van der Waals surface area contributed by atoms with Crippen LogP contribution in [0, 0.1) is 17.8 Å². The second-order valence-electron chi connectivity index (χ2n) is 15.7. The van der Waals surface area contributed by atoms with Crippen LogP contribution in [0.25, 0.3) is 0 Å². The molecule has 278 valence electrons. The molecule has 4 N–H and O–H groups in total. The highest BCUT2D eigenvalue weighted by Crippen LogP contribution is 2.36. The molecule has 4 rings (SSSR count). The summed E-state index contributed by atoms with van der Waals surface area (Å²) in [4.78, 5) is 45.1. The summed E-state index contributed by atoms with van der Waals surface area (Å²) in [5, 5.41) is 27.7. The van der Waals surface area contributed by atoms with Crippen LogP contribution >= 0.6 is 11.8 Å². The standard InChI is InChI=1S/C36H54N4O8S2/c1-35(2,3)48-34(45)40-18-27(37-22-40)17-28(33(44)39-29(20-49-19-24-12-13-24)31(42)30(41)25-14-15-25)38-32(43)26(16-23-10-8-7-9-11-23)21-50(46,47)36(4,5)6/h7-11,18,22,24-26,28-31,41-42H,12-17,19-21H2,1-6H3,(H,38,43)(H,39,44)/t26-,28+,29+,30+,31-/m1/s1. The van der Waals surface area contributed by atoms with E-state index in [2.05, 4.69) is 15.6 Å². The van der Waals surface area contributed by atoms with Crippen molar-refractivity contribution >= 4 is 39.5 Å². The van der Waals surface area contributed by atoms with Crippen LogP contribution in [0.5, 0.6) is 0 Å². The van der Waals surface area contributed by atoms with Gasteiger partial charge in [-0.25, -0.2) is 22.8 Å². The predicted molar refractivity (Wildman–Crippen MR) is 193 cm³/mol. The Hall–Kier alpha value is -2.94. The predicted octanol–water partition coefficient (Wildman–Crippen LogP) is 3.53. The molecule has 0 radical (unpaired) electrons. The number of thioether (sulfide) groups is 1. The van der Waals surface area contributed by atoms with E-state index in [1.165, 1.54) is 12.5 Å². The fraction of sp³-hybridized carbons (Fsp3) is 0.667. The Morgan fingerprint density at radius 2 is 1.64 bits per heavy atom. The average Bonchev–Trinajstić information content (AvgIpc) is 3.97. The number of imidazole rings is 1. The van der Waals surface area contributed by atoms with Crippen LogP contribution in [0.2, 0.25) is 0 Å². The molecule has 2 fully saturated rings. The zero-order valence-electron chi connectivity index (χ0n) is 30.0. The first-order valence-electron chi connectivity index (χ1n) is 17.4. The highest BCUT2D eigenvalue weighted by atomic mass is 32.2. The van der Waals surface area contributed by atoms with Crippen LogP contribution < -0.4 is 10.6 Å². The maximum Gasteiger partial charge on any atom is 0.419 e. The molecule has 2 amide bonds. The topological polar surface area (TPSA) is 177 Å². The first kappa shape index (κ1) is 39.8. The van der Waals surface area contributed by atoms with Crippen LogP contribution in [0.15, 0.2) is 42.9 Å². The van der Waals surface area contributed by atoms with Gasteiger partial charge in [0.2, 0.25) is 11.8 Å². The van der Waals surface area contributed by atoms with Gasteiger partial charge >= 0.3 is 6.09 Å².